The summed E-state index contributed by atoms with van der Waals surface area (Å²) in [5.41, 5.74) is 0.877. The van der Waals surface area contributed by atoms with E-state index in [4.69, 9.17) is 5.11 Å². The zero-order chi connectivity index (χ0) is 13.1. The number of aliphatic carboxylic acids is 1. The Morgan fingerprint density at radius 1 is 1.59 bits per heavy atom. The van der Waals surface area contributed by atoms with Crippen molar-refractivity contribution >= 4 is 22.4 Å². The molecule has 1 unspecified atom stereocenters. The number of carboxylic acids is 1. The van der Waals surface area contributed by atoms with Crippen molar-refractivity contribution < 1.29 is 9.90 Å². The highest BCUT2D eigenvalue weighted by Crippen LogP contribution is 2.26. The molecule has 1 aromatic rings. The Hall–Kier alpha value is -1.10. The number of aromatic nitrogens is 1. The van der Waals surface area contributed by atoms with Crippen LogP contribution in [0.4, 0.5) is 5.13 Å². The summed E-state index contributed by atoms with van der Waals surface area (Å²) < 4.78 is 0. The minimum atomic E-state index is -0.843. The first-order chi connectivity index (χ1) is 7.79. The predicted octanol–water partition coefficient (Wildman–Crippen LogP) is 2.86. The van der Waals surface area contributed by atoms with Crippen LogP contribution in [0.3, 0.4) is 0 Å². The number of anilines is 1. The molecule has 96 valence electrons. The molecule has 17 heavy (non-hydrogen) atoms. The Morgan fingerprint density at radius 3 is 2.76 bits per heavy atom. The average molecular weight is 256 g/mol. The van der Waals surface area contributed by atoms with E-state index in [1.54, 1.807) is 5.38 Å². The smallest absolute Gasteiger partial charge is 0.309 e. The van der Waals surface area contributed by atoms with E-state index >= 15 is 0 Å². The molecule has 1 atom stereocenters. The number of nitrogens with zero attached hydrogens (tertiary/aromatic N) is 1. The largest absolute Gasteiger partial charge is 0.481 e. The van der Waals surface area contributed by atoms with Crippen molar-refractivity contribution in [2.75, 3.05) is 11.9 Å². The Kier molecular flexibility index (Phi) is 4.51. The van der Waals surface area contributed by atoms with Gasteiger partial charge in [0.25, 0.3) is 0 Å². The summed E-state index contributed by atoms with van der Waals surface area (Å²) in [6, 6.07) is 0. The van der Waals surface area contributed by atoms with Crippen molar-refractivity contribution in [2.45, 2.75) is 34.1 Å². The molecular formula is C12H20N2O2S. The number of hydrogen-bond acceptors (Lipinski definition) is 4. The van der Waals surface area contributed by atoms with E-state index in [-0.39, 0.29) is 11.8 Å². The van der Waals surface area contributed by atoms with Crippen LogP contribution in [0.25, 0.3) is 0 Å². The topological polar surface area (TPSA) is 62.2 Å². The Morgan fingerprint density at radius 2 is 2.24 bits per heavy atom. The van der Waals surface area contributed by atoms with Gasteiger partial charge in [-0.3, -0.25) is 4.79 Å². The fraction of sp³-hybridized carbons (Fsp3) is 0.667. The second kappa shape index (κ2) is 5.49. The van der Waals surface area contributed by atoms with Gasteiger partial charge in [-0.2, -0.15) is 0 Å². The number of hydrogen-bond donors (Lipinski definition) is 2. The SMILES string of the molecule is CC(CNc1nc(CC(=O)O)cs1)C(C)(C)C. The molecule has 0 aromatic carbocycles. The molecule has 0 radical (unpaired) electrons. The zero-order valence-electron chi connectivity index (χ0n) is 10.8. The van der Waals surface area contributed by atoms with Crippen LogP contribution >= 0.6 is 11.3 Å². The van der Waals surface area contributed by atoms with Gasteiger partial charge in [0.2, 0.25) is 0 Å². The molecule has 0 saturated heterocycles. The first-order valence-corrected chi connectivity index (χ1v) is 6.57. The van der Waals surface area contributed by atoms with Crippen LogP contribution in [-0.4, -0.2) is 22.6 Å². The van der Waals surface area contributed by atoms with Crippen molar-refractivity contribution in [1.29, 1.82) is 0 Å². The summed E-state index contributed by atoms with van der Waals surface area (Å²) >= 11 is 1.46. The first-order valence-electron chi connectivity index (χ1n) is 5.69. The molecule has 0 aliphatic heterocycles. The van der Waals surface area contributed by atoms with Crippen molar-refractivity contribution in [3.63, 3.8) is 0 Å². The van der Waals surface area contributed by atoms with E-state index in [2.05, 4.69) is 38.0 Å². The molecule has 1 aromatic heterocycles. The monoisotopic (exact) mass is 256 g/mol. The second-order valence-corrected chi connectivity index (χ2v) is 6.22. The van der Waals surface area contributed by atoms with Crippen LogP contribution in [-0.2, 0) is 11.2 Å². The maximum absolute atomic E-state index is 10.5. The molecule has 5 heteroatoms. The lowest BCUT2D eigenvalue weighted by Gasteiger charge is -2.27. The van der Waals surface area contributed by atoms with Gasteiger partial charge in [0, 0.05) is 11.9 Å². The minimum Gasteiger partial charge on any atom is -0.481 e. The van der Waals surface area contributed by atoms with Crippen molar-refractivity contribution in [3.05, 3.63) is 11.1 Å². The van der Waals surface area contributed by atoms with Crippen LogP contribution in [0.15, 0.2) is 5.38 Å². The lowest BCUT2D eigenvalue weighted by atomic mass is 9.82. The Labute approximate surface area is 106 Å². The fourth-order valence-electron chi connectivity index (χ4n) is 1.17. The van der Waals surface area contributed by atoms with Crippen molar-refractivity contribution in [3.8, 4) is 0 Å². The molecule has 0 spiro atoms. The maximum atomic E-state index is 10.5. The molecule has 0 aliphatic carbocycles. The number of carbonyl (C=O) groups is 1. The van der Waals surface area contributed by atoms with Gasteiger partial charge < -0.3 is 10.4 Å². The Balaban J connectivity index is 2.47. The normalized spacial score (nSPS) is 13.4. The maximum Gasteiger partial charge on any atom is 0.309 e. The number of thiazole rings is 1. The third-order valence-corrected chi connectivity index (χ3v) is 3.77. The van der Waals surface area contributed by atoms with E-state index < -0.39 is 5.97 Å². The van der Waals surface area contributed by atoms with E-state index in [9.17, 15) is 4.79 Å². The number of carboxylic acid groups (broad SMARTS) is 1. The molecule has 0 aliphatic rings. The minimum absolute atomic E-state index is 0.00694. The zero-order valence-corrected chi connectivity index (χ0v) is 11.6. The molecule has 0 amide bonds. The van der Waals surface area contributed by atoms with Gasteiger partial charge in [-0.05, 0) is 11.3 Å². The van der Waals surface area contributed by atoms with E-state index in [1.165, 1.54) is 11.3 Å². The van der Waals surface area contributed by atoms with Crippen LogP contribution in [0.5, 0.6) is 0 Å². The molecule has 1 rings (SSSR count). The van der Waals surface area contributed by atoms with Gasteiger partial charge in [-0.1, -0.05) is 27.7 Å². The molecule has 0 saturated carbocycles. The fourth-order valence-corrected chi connectivity index (χ4v) is 1.89. The molecule has 0 fully saturated rings. The highest BCUT2D eigenvalue weighted by Gasteiger charge is 2.19. The first kappa shape index (κ1) is 14.0. The van der Waals surface area contributed by atoms with Crippen molar-refractivity contribution in [2.24, 2.45) is 11.3 Å². The summed E-state index contributed by atoms with van der Waals surface area (Å²) in [7, 11) is 0. The van der Waals surface area contributed by atoms with Gasteiger partial charge in [-0.15, -0.1) is 11.3 Å². The molecular weight excluding hydrogens is 236 g/mol. The molecule has 0 bridgehead atoms. The lowest BCUT2D eigenvalue weighted by molar-refractivity contribution is -0.136. The van der Waals surface area contributed by atoms with E-state index in [0.717, 1.165) is 11.7 Å². The number of nitrogens with one attached hydrogen (secondary N) is 1. The molecule has 2 N–H and O–H groups in total. The number of rotatable bonds is 5. The Bertz CT molecular complexity index is 382. The standard InChI is InChI=1S/C12H20N2O2S/c1-8(12(2,3)4)6-13-11-14-9(7-17-11)5-10(15)16/h7-8H,5-6H2,1-4H3,(H,13,14)(H,15,16). The summed E-state index contributed by atoms with van der Waals surface area (Å²) in [5, 5.41) is 14.5. The van der Waals surface area contributed by atoms with E-state index in [0.29, 0.717) is 11.6 Å². The third-order valence-electron chi connectivity index (χ3n) is 2.92. The summed E-state index contributed by atoms with van der Waals surface area (Å²) in [6.45, 7) is 9.66. The van der Waals surface area contributed by atoms with Crippen LogP contribution in [0.2, 0.25) is 0 Å². The highest BCUT2D eigenvalue weighted by atomic mass is 32.1. The predicted molar refractivity (Wildman–Crippen MR) is 70.6 cm³/mol. The van der Waals surface area contributed by atoms with Crippen molar-refractivity contribution in [1.82, 2.24) is 4.98 Å². The van der Waals surface area contributed by atoms with Gasteiger partial charge in [0.1, 0.15) is 0 Å². The van der Waals surface area contributed by atoms with Gasteiger partial charge in [-0.25, -0.2) is 4.98 Å². The molecule has 1 heterocycles. The lowest BCUT2D eigenvalue weighted by Crippen LogP contribution is -2.24. The van der Waals surface area contributed by atoms with Gasteiger partial charge in [0.05, 0.1) is 12.1 Å². The quantitative estimate of drug-likeness (QED) is 0.850. The van der Waals surface area contributed by atoms with Crippen LogP contribution < -0.4 is 5.32 Å². The van der Waals surface area contributed by atoms with Gasteiger partial charge >= 0.3 is 5.97 Å². The van der Waals surface area contributed by atoms with Crippen LogP contribution in [0.1, 0.15) is 33.4 Å². The highest BCUT2D eigenvalue weighted by molar-refractivity contribution is 7.13. The summed E-state index contributed by atoms with van der Waals surface area (Å²) in [4.78, 5) is 14.8. The van der Waals surface area contributed by atoms with E-state index in [1.807, 2.05) is 0 Å². The van der Waals surface area contributed by atoms with Gasteiger partial charge in [0.15, 0.2) is 5.13 Å². The summed E-state index contributed by atoms with van der Waals surface area (Å²) in [6.07, 6.45) is -0.00694. The molecule has 4 nitrogen and oxygen atoms in total. The second-order valence-electron chi connectivity index (χ2n) is 5.36. The summed E-state index contributed by atoms with van der Waals surface area (Å²) in [5.74, 6) is -0.320. The average Bonchev–Trinajstić information content (AvgIpc) is 2.59. The third kappa shape index (κ3) is 4.73. The van der Waals surface area contributed by atoms with Crippen LogP contribution in [0, 0.1) is 11.3 Å².